The minimum atomic E-state index is -0.370. The number of rotatable bonds is 5. The number of aryl methyl sites for hydroxylation is 2. The predicted molar refractivity (Wildman–Crippen MR) is 113 cm³/mol. The van der Waals surface area contributed by atoms with E-state index in [1.807, 2.05) is 31.4 Å². The molecule has 1 amide bonds. The van der Waals surface area contributed by atoms with Crippen molar-refractivity contribution >= 4 is 23.3 Å². The number of carbonyl (C=O) groups is 1. The highest BCUT2D eigenvalue weighted by atomic mass is 16.5. The van der Waals surface area contributed by atoms with Gasteiger partial charge in [0.1, 0.15) is 11.4 Å². The van der Waals surface area contributed by atoms with Gasteiger partial charge in [-0.2, -0.15) is 4.98 Å². The Kier molecular flexibility index (Phi) is 5.75. The maximum absolute atomic E-state index is 12.9. The smallest absolute Gasteiger partial charge is 0.263 e. The zero-order valence-electron chi connectivity index (χ0n) is 17.5. The first-order chi connectivity index (χ1) is 14.5. The monoisotopic (exact) mass is 410 g/mol. The molecule has 158 valence electrons. The van der Waals surface area contributed by atoms with E-state index in [1.54, 1.807) is 6.20 Å². The Bertz CT molecular complexity index is 1060. The van der Waals surface area contributed by atoms with Crippen LogP contribution in [0, 0.1) is 13.8 Å². The van der Waals surface area contributed by atoms with E-state index in [-0.39, 0.29) is 17.4 Å². The standard InChI is InChI=1S/C20H26N8O2/c1-4-30-19-15(10-22-20(26-19)27-8-5-6-21-7-9-27)18(29)25-16-12-28-11-13(2)23-17(28)14(3)24-16/h10-12,21H,4-9H2,1-3H3,(H,25,29). The minimum absolute atomic E-state index is 0.272. The molecule has 1 saturated heterocycles. The normalized spacial score (nSPS) is 14.6. The Balaban J connectivity index is 1.59. The average molecular weight is 410 g/mol. The molecule has 0 bridgehead atoms. The lowest BCUT2D eigenvalue weighted by Crippen LogP contribution is -2.30. The van der Waals surface area contributed by atoms with Crippen molar-refractivity contribution in [2.24, 2.45) is 0 Å². The van der Waals surface area contributed by atoms with Gasteiger partial charge < -0.3 is 24.7 Å². The van der Waals surface area contributed by atoms with Crippen molar-refractivity contribution in [1.29, 1.82) is 0 Å². The third-order valence-electron chi connectivity index (χ3n) is 4.86. The lowest BCUT2D eigenvalue weighted by molar-refractivity contribution is 0.102. The van der Waals surface area contributed by atoms with Crippen LogP contribution < -0.4 is 20.3 Å². The number of aromatic nitrogens is 5. The molecule has 4 rings (SSSR count). The first-order valence-electron chi connectivity index (χ1n) is 10.1. The van der Waals surface area contributed by atoms with E-state index in [0.717, 1.165) is 49.6 Å². The van der Waals surface area contributed by atoms with Crippen LogP contribution in [0.3, 0.4) is 0 Å². The van der Waals surface area contributed by atoms with E-state index >= 15 is 0 Å². The predicted octanol–water partition coefficient (Wildman–Crippen LogP) is 1.59. The SMILES string of the molecule is CCOc1nc(N2CCCNCC2)ncc1C(=O)Nc1cn2cc(C)nc2c(C)n1. The van der Waals surface area contributed by atoms with E-state index in [4.69, 9.17) is 4.74 Å². The fraction of sp³-hybridized carbons (Fsp3) is 0.450. The van der Waals surface area contributed by atoms with Gasteiger partial charge in [-0.3, -0.25) is 4.79 Å². The lowest BCUT2D eigenvalue weighted by Gasteiger charge is -2.20. The second-order valence-corrected chi connectivity index (χ2v) is 7.19. The lowest BCUT2D eigenvalue weighted by atomic mass is 10.3. The molecule has 1 aliphatic rings. The van der Waals surface area contributed by atoms with E-state index in [0.29, 0.717) is 18.4 Å². The number of hydrogen-bond acceptors (Lipinski definition) is 8. The van der Waals surface area contributed by atoms with Crippen LogP contribution in [0.25, 0.3) is 5.65 Å². The van der Waals surface area contributed by atoms with Gasteiger partial charge in [-0.25, -0.2) is 15.0 Å². The molecule has 10 heteroatoms. The molecular formula is C20H26N8O2. The Morgan fingerprint density at radius 3 is 2.90 bits per heavy atom. The van der Waals surface area contributed by atoms with Gasteiger partial charge in [0, 0.05) is 32.0 Å². The van der Waals surface area contributed by atoms with Gasteiger partial charge in [0.05, 0.1) is 24.2 Å². The molecule has 30 heavy (non-hydrogen) atoms. The van der Waals surface area contributed by atoms with Crippen molar-refractivity contribution in [3.05, 3.63) is 35.5 Å². The highest BCUT2D eigenvalue weighted by Gasteiger charge is 2.20. The van der Waals surface area contributed by atoms with Gasteiger partial charge in [-0.15, -0.1) is 0 Å². The van der Waals surface area contributed by atoms with Crippen LogP contribution in [0.4, 0.5) is 11.8 Å². The summed E-state index contributed by atoms with van der Waals surface area (Å²) in [6.07, 6.45) is 6.16. The van der Waals surface area contributed by atoms with E-state index < -0.39 is 0 Å². The van der Waals surface area contributed by atoms with E-state index in [9.17, 15) is 4.79 Å². The number of hydrogen-bond donors (Lipinski definition) is 2. The number of ether oxygens (including phenoxy) is 1. The van der Waals surface area contributed by atoms with E-state index in [1.165, 1.54) is 6.20 Å². The summed E-state index contributed by atoms with van der Waals surface area (Å²) in [5, 5.41) is 6.18. The third kappa shape index (κ3) is 4.18. The molecule has 0 saturated carbocycles. The molecule has 0 aromatic carbocycles. The molecule has 3 aromatic heterocycles. The summed E-state index contributed by atoms with van der Waals surface area (Å²) >= 11 is 0. The van der Waals surface area contributed by atoms with Crippen molar-refractivity contribution in [2.75, 3.05) is 43.0 Å². The summed E-state index contributed by atoms with van der Waals surface area (Å²) in [6.45, 7) is 9.55. The summed E-state index contributed by atoms with van der Waals surface area (Å²) < 4.78 is 7.52. The summed E-state index contributed by atoms with van der Waals surface area (Å²) in [4.78, 5) is 32.9. The van der Waals surface area contributed by atoms with Crippen molar-refractivity contribution in [1.82, 2.24) is 29.7 Å². The first-order valence-corrected chi connectivity index (χ1v) is 10.1. The van der Waals surface area contributed by atoms with Crippen molar-refractivity contribution in [3.8, 4) is 5.88 Å². The van der Waals surface area contributed by atoms with Crippen LogP contribution in [0.5, 0.6) is 5.88 Å². The van der Waals surface area contributed by atoms with E-state index in [2.05, 4.69) is 35.5 Å². The summed E-state index contributed by atoms with van der Waals surface area (Å²) in [7, 11) is 0. The topological polar surface area (TPSA) is 110 Å². The Morgan fingerprint density at radius 1 is 1.20 bits per heavy atom. The average Bonchev–Trinajstić information content (AvgIpc) is 2.91. The zero-order valence-corrected chi connectivity index (χ0v) is 17.5. The summed E-state index contributed by atoms with van der Waals surface area (Å²) in [5.74, 6) is 0.898. The number of amides is 1. The number of carbonyl (C=O) groups excluding carboxylic acids is 1. The second-order valence-electron chi connectivity index (χ2n) is 7.19. The van der Waals surface area contributed by atoms with Crippen LogP contribution >= 0.6 is 0 Å². The molecule has 1 fully saturated rings. The molecule has 2 N–H and O–H groups in total. The Hall–Kier alpha value is -3.27. The van der Waals surface area contributed by atoms with Crippen LogP contribution in [-0.2, 0) is 0 Å². The van der Waals surface area contributed by atoms with Gasteiger partial charge in [-0.1, -0.05) is 0 Å². The Labute approximate surface area is 174 Å². The van der Waals surface area contributed by atoms with Crippen molar-refractivity contribution in [2.45, 2.75) is 27.2 Å². The maximum atomic E-state index is 12.9. The minimum Gasteiger partial charge on any atom is -0.477 e. The number of nitrogens with zero attached hydrogens (tertiary/aromatic N) is 6. The maximum Gasteiger partial charge on any atom is 0.263 e. The molecular weight excluding hydrogens is 384 g/mol. The number of fused-ring (bicyclic) bond motifs is 1. The van der Waals surface area contributed by atoms with Crippen LogP contribution in [0.2, 0.25) is 0 Å². The summed E-state index contributed by atoms with van der Waals surface area (Å²) in [6, 6.07) is 0. The first kappa shape index (κ1) is 20.0. The summed E-state index contributed by atoms with van der Waals surface area (Å²) in [5.41, 5.74) is 2.65. The van der Waals surface area contributed by atoms with Crippen molar-refractivity contribution < 1.29 is 9.53 Å². The van der Waals surface area contributed by atoms with Crippen LogP contribution in [-0.4, -0.2) is 63.0 Å². The molecule has 0 aliphatic carbocycles. The molecule has 0 spiro atoms. The third-order valence-corrected chi connectivity index (χ3v) is 4.86. The van der Waals surface area contributed by atoms with Gasteiger partial charge in [0.2, 0.25) is 11.8 Å². The fourth-order valence-electron chi connectivity index (χ4n) is 3.48. The zero-order chi connectivity index (χ0) is 21.1. The highest BCUT2D eigenvalue weighted by Crippen LogP contribution is 2.21. The largest absolute Gasteiger partial charge is 0.477 e. The van der Waals surface area contributed by atoms with Gasteiger partial charge in [0.25, 0.3) is 5.91 Å². The highest BCUT2D eigenvalue weighted by molar-refractivity contribution is 6.05. The van der Waals surface area contributed by atoms with Crippen LogP contribution in [0.1, 0.15) is 35.1 Å². The molecule has 0 unspecified atom stereocenters. The number of nitrogens with one attached hydrogen (secondary N) is 2. The Morgan fingerprint density at radius 2 is 2.07 bits per heavy atom. The molecule has 0 atom stereocenters. The molecule has 1 aliphatic heterocycles. The van der Waals surface area contributed by atoms with Gasteiger partial charge in [0.15, 0.2) is 5.65 Å². The molecule has 3 aromatic rings. The van der Waals surface area contributed by atoms with Crippen molar-refractivity contribution in [3.63, 3.8) is 0 Å². The quantitative estimate of drug-likeness (QED) is 0.653. The second kappa shape index (κ2) is 8.62. The number of anilines is 2. The number of imidazole rings is 1. The molecule has 10 nitrogen and oxygen atoms in total. The van der Waals surface area contributed by atoms with Gasteiger partial charge >= 0.3 is 0 Å². The molecule has 0 radical (unpaired) electrons. The fourth-order valence-corrected chi connectivity index (χ4v) is 3.48. The molecule has 4 heterocycles. The van der Waals surface area contributed by atoms with Crippen LogP contribution in [0.15, 0.2) is 18.6 Å². The van der Waals surface area contributed by atoms with Gasteiger partial charge in [-0.05, 0) is 33.7 Å².